The van der Waals surface area contributed by atoms with Crippen molar-refractivity contribution in [3.8, 4) is 0 Å². The Hall–Kier alpha value is -1.87. The van der Waals surface area contributed by atoms with Crippen LogP contribution in [0.4, 0.5) is 0 Å². The molecule has 0 aromatic heterocycles. The molecule has 192 valence electrons. The first kappa shape index (κ1) is 30.2. The van der Waals surface area contributed by atoms with E-state index in [4.69, 9.17) is 9.47 Å². The first-order chi connectivity index (χ1) is 16.2. The highest BCUT2D eigenvalue weighted by molar-refractivity contribution is 5.77. The van der Waals surface area contributed by atoms with Gasteiger partial charge in [0.15, 0.2) is 6.10 Å². The molecule has 0 spiro atoms. The van der Waals surface area contributed by atoms with Crippen molar-refractivity contribution >= 4 is 5.97 Å². The minimum atomic E-state index is -0.325. The number of ether oxygens (including phenoxy) is 2. The van der Waals surface area contributed by atoms with Crippen LogP contribution in [0.25, 0.3) is 0 Å². The van der Waals surface area contributed by atoms with Crippen LogP contribution in [-0.2, 0) is 14.3 Å². The van der Waals surface area contributed by atoms with Crippen LogP contribution >= 0.6 is 0 Å². The summed E-state index contributed by atoms with van der Waals surface area (Å²) < 4.78 is 10.4. The zero-order valence-corrected chi connectivity index (χ0v) is 23.0. The third kappa shape index (κ3) is 15.1. The summed E-state index contributed by atoms with van der Waals surface area (Å²) in [6, 6.07) is 0. The van der Waals surface area contributed by atoms with Crippen LogP contribution < -0.4 is 0 Å². The topological polar surface area (TPSA) is 38.8 Å². The van der Waals surface area contributed by atoms with Gasteiger partial charge in [-0.1, -0.05) is 58.2 Å². The van der Waals surface area contributed by atoms with Gasteiger partial charge >= 0.3 is 5.97 Å². The number of hydrogen-bond acceptors (Lipinski definition) is 3. The van der Waals surface area contributed by atoms with E-state index in [0.717, 1.165) is 51.4 Å². The van der Waals surface area contributed by atoms with Gasteiger partial charge in [-0.25, -0.2) is 4.79 Å². The maximum Gasteiger partial charge on any atom is 0.337 e. The molecule has 1 aliphatic heterocycles. The Kier molecular flexibility index (Phi) is 15.6. The maximum atomic E-state index is 11.6. The Labute approximate surface area is 210 Å². The molecule has 2 atom stereocenters. The second kappa shape index (κ2) is 17.5. The molecule has 0 saturated carbocycles. The predicted octanol–water partition coefficient (Wildman–Crippen LogP) is 8.97. The van der Waals surface area contributed by atoms with Gasteiger partial charge in [-0.3, -0.25) is 0 Å². The standard InChI is InChI=1S/C31H50O3/c1-8-33-31(32)30-29(34-30)23-22-28(7)21-13-19-26(5)16-10-9-15-25(4)18-12-20-27(6)17-11-14-24(2)3/h14-16,20-21,29-30H,8-13,17-19,22-23H2,1-7H3/b25-15+,26-16+,27-20+,28-21+. The van der Waals surface area contributed by atoms with Crippen molar-refractivity contribution in [1.82, 2.24) is 0 Å². The normalized spacial score (nSPS) is 19.3. The van der Waals surface area contributed by atoms with Gasteiger partial charge in [-0.15, -0.1) is 0 Å². The van der Waals surface area contributed by atoms with Crippen LogP contribution in [0.3, 0.4) is 0 Å². The Balaban J connectivity index is 2.16. The van der Waals surface area contributed by atoms with Crippen molar-refractivity contribution in [1.29, 1.82) is 0 Å². The Bertz CT molecular complexity index is 760. The molecule has 0 radical (unpaired) electrons. The highest BCUT2D eigenvalue weighted by atomic mass is 16.6. The molecule has 0 N–H and O–H groups in total. The number of hydrogen-bond donors (Lipinski definition) is 0. The van der Waals surface area contributed by atoms with Gasteiger partial charge in [0, 0.05) is 0 Å². The van der Waals surface area contributed by atoms with Gasteiger partial charge in [0.05, 0.1) is 12.7 Å². The fourth-order valence-electron chi connectivity index (χ4n) is 3.91. The number of rotatable bonds is 17. The smallest absolute Gasteiger partial charge is 0.337 e. The van der Waals surface area contributed by atoms with E-state index in [-0.39, 0.29) is 18.2 Å². The minimum absolute atomic E-state index is 0.0492. The van der Waals surface area contributed by atoms with Crippen molar-refractivity contribution in [3.63, 3.8) is 0 Å². The number of epoxide rings is 1. The van der Waals surface area contributed by atoms with Gasteiger partial charge in [-0.05, 0) is 113 Å². The molecule has 1 heterocycles. The zero-order chi connectivity index (χ0) is 25.3. The van der Waals surface area contributed by atoms with Gasteiger partial charge in [-0.2, -0.15) is 0 Å². The van der Waals surface area contributed by atoms with Gasteiger partial charge < -0.3 is 9.47 Å². The number of allylic oxidation sites excluding steroid dienone is 10. The van der Waals surface area contributed by atoms with E-state index in [0.29, 0.717) is 6.61 Å². The Morgan fingerprint density at radius 3 is 1.59 bits per heavy atom. The lowest BCUT2D eigenvalue weighted by Gasteiger charge is -2.03. The van der Waals surface area contributed by atoms with Crippen molar-refractivity contribution in [3.05, 3.63) is 58.2 Å². The lowest BCUT2D eigenvalue weighted by molar-refractivity contribution is -0.144. The Morgan fingerprint density at radius 2 is 1.12 bits per heavy atom. The van der Waals surface area contributed by atoms with Crippen molar-refractivity contribution < 1.29 is 14.3 Å². The van der Waals surface area contributed by atoms with E-state index >= 15 is 0 Å². The average Bonchev–Trinajstić information content (AvgIpc) is 3.55. The number of carbonyl (C=O) groups excluding carboxylic acids is 1. The van der Waals surface area contributed by atoms with Gasteiger partial charge in [0.1, 0.15) is 0 Å². The second-order valence-corrected chi connectivity index (χ2v) is 10.1. The van der Waals surface area contributed by atoms with Gasteiger partial charge in [0.25, 0.3) is 0 Å². The molecular formula is C31H50O3. The third-order valence-corrected chi connectivity index (χ3v) is 6.23. The summed E-state index contributed by atoms with van der Waals surface area (Å²) in [5.41, 5.74) is 7.27. The van der Waals surface area contributed by atoms with Crippen molar-refractivity contribution in [2.45, 2.75) is 125 Å². The number of esters is 1. The van der Waals surface area contributed by atoms with E-state index < -0.39 is 0 Å². The molecule has 34 heavy (non-hydrogen) atoms. The largest absolute Gasteiger partial charge is 0.464 e. The van der Waals surface area contributed by atoms with E-state index in [1.807, 2.05) is 6.92 Å². The molecule has 1 rings (SSSR count). The zero-order valence-electron chi connectivity index (χ0n) is 23.0. The Morgan fingerprint density at radius 1 is 0.676 bits per heavy atom. The summed E-state index contributed by atoms with van der Waals surface area (Å²) in [4.78, 5) is 11.6. The molecule has 3 nitrogen and oxygen atoms in total. The van der Waals surface area contributed by atoms with Gasteiger partial charge in [0.2, 0.25) is 0 Å². The maximum absolute atomic E-state index is 11.6. The van der Waals surface area contributed by atoms with Crippen LogP contribution in [0.5, 0.6) is 0 Å². The molecule has 1 saturated heterocycles. The monoisotopic (exact) mass is 470 g/mol. The fraction of sp³-hybridized carbons (Fsp3) is 0.645. The number of carbonyl (C=O) groups is 1. The highest BCUT2D eigenvalue weighted by Crippen LogP contribution is 2.29. The van der Waals surface area contributed by atoms with Crippen LogP contribution in [0.2, 0.25) is 0 Å². The summed E-state index contributed by atoms with van der Waals surface area (Å²) in [7, 11) is 0. The minimum Gasteiger partial charge on any atom is -0.464 e. The summed E-state index contributed by atoms with van der Waals surface area (Å²) >= 11 is 0. The lowest BCUT2D eigenvalue weighted by Crippen LogP contribution is -2.13. The summed E-state index contributed by atoms with van der Waals surface area (Å²) in [5, 5.41) is 0. The SMILES string of the molecule is CCOC(=O)C1OC1CC/C(C)=C/CC/C(C)=C/CC/C=C(\C)CC/C=C(\C)CCC=C(C)C. The summed E-state index contributed by atoms with van der Waals surface area (Å²) in [5.74, 6) is -0.211. The third-order valence-electron chi connectivity index (χ3n) is 6.23. The lowest BCUT2D eigenvalue weighted by atomic mass is 10.0. The molecule has 1 fully saturated rings. The summed E-state index contributed by atoms with van der Waals surface area (Å²) in [6.45, 7) is 15.5. The molecular weight excluding hydrogens is 420 g/mol. The van der Waals surface area contributed by atoms with Crippen molar-refractivity contribution in [2.75, 3.05) is 6.61 Å². The van der Waals surface area contributed by atoms with E-state index in [1.54, 1.807) is 0 Å². The molecule has 0 bridgehead atoms. The molecule has 0 aromatic carbocycles. The second-order valence-electron chi connectivity index (χ2n) is 10.1. The predicted molar refractivity (Wildman–Crippen MR) is 146 cm³/mol. The van der Waals surface area contributed by atoms with E-state index in [1.165, 1.54) is 40.7 Å². The average molecular weight is 471 g/mol. The van der Waals surface area contributed by atoms with E-state index in [2.05, 4.69) is 71.9 Å². The van der Waals surface area contributed by atoms with Crippen LogP contribution in [0.15, 0.2) is 58.2 Å². The van der Waals surface area contributed by atoms with E-state index in [9.17, 15) is 4.79 Å². The molecule has 1 aliphatic rings. The molecule has 3 heteroatoms. The summed E-state index contributed by atoms with van der Waals surface area (Å²) in [6.07, 6.45) is 22.6. The number of unbranched alkanes of at least 4 members (excludes halogenated alkanes) is 1. The first-order valence-corrected chi connectivity index (χ1v) is 13.3. The highest BCUT2D eigenvalue weighted by Gasteiger charge is 2.45. The van der Waals surface area contributed by atoms with Crippen LogP contribution in [0, 0.1) is 0 Å². The van der Waals surface area contributed by atoms with Crippen molar-refractivity contribution in [2.24, 2.45) is 0 Å². The quantitative estimate of drug-likeness (QED) is 0.0921. The fourth-order valence-corrected chi connectivity index (χ4v) is 3.91. The molecule has 0 aliphatic carbocycles. The molecule has 2 unspecified atom stereocenters. The van der Waals surface area contributed by atoms with Crippen LogP contribution in [0.1, 0.15) is 113 Å². The molecule has 0 aromatic rings. The first-order valence-electron chi connectivity index (χ1n) is 13.3. The molecule has 0 amide bonds. The van der Waals surface area contributed by atoms with Crippen LogP contribution in [-0.4, -0.2) is 24.8 Å².